The Balaban J connectivity index is 1.41. The monoisotopic (exact) mass is 447 g/mol. The van der Waals surface area contributed by atoms with Crippen molar-refractivity contribution < 1.29 is 13.9 Å². The van der Waals surface area contributed by atoms with E-state index in [0.29, 0.717) is 37.0 Å². The first-order chi connectivity index (χ1) is 16.2. The van der Waals surface area contributed by atoms with Crippen LogP contribution in [0.15, 0.2) is 54.9 Å². The van der Waals surface area contributed by atoms with Gasteiger partial charge in [0.25, 0.3) is 5.91 Å². The first-order valence-electron chi connectivity index (χ1n) is 11.4. The van der Waals surface area contributed by atoms with E-state index in [1.54, 1.807) is 24.5 Å². The van der Waals surface area contributed by atoms with Crippen molar-refractivity contribution in [3.05, 3.63) is 66.5 Å². The molecule has 3 aromatic rings. The molecule has 0 radical (unpaired) electrons. The third-order valence-electron chi connectivity index (χ3n) is 6.14. The quantitative estimate of drug-likeness (QED) is 0.628. The number of nitrogens with one attached hydrogen (secondary N) is 1. The zero-order valence-electron chi connectivity index (χ0n) is 18.3. The molecule has 1 amide bonds. The Morgan fingerprint density at radius 1 is 1.09 bits per heavy atom. The molecule has 2 aliphatic heterocycles. The van der Waals surface area contributed by atoms with E-state index in [0.717, 1.165) is 36.9 Å². The van der Waals surface area contributed by atoms with E-state index in [-0.39, 0.29) is 23.7 Å². The molecule has 0 spiro atoms. The predicted molar refractivity (Wildman–Crippen MR) is 122 cm³/mol. The van der Waals surface area contributed by atoms with E-state index in [4.69, 9.17) is 14.7 Å². The maximum absolute atomic E-state index is 13.7. The number of benzene rings is 1. The van der Waals surface area contributed by atoms with Crippen molar-refractivity contribution in [3.8, 4) is 11.3 Å². The molecule has 1 N–H and O–H groups in total. The number of aromatic nitrogens is 3. The van der Waals surface area contributed by atoms with Crippen molar-refractivity contribution >= 4 is 17.4 Å². The number of carbonyl (C=O) groups excluding carboxylic acids is 1. The summed E-state index contributed by atoms with van der Waals surface area (Å²) in [5.41, 5.74) is 2.28. The summed E-state index contributed by atoms with van der Waals surface area (Å²) in [5.74, 6) is 1.02. The zero-order chi connectivity index (χ0) is 22.6. The van der Waals surface area contributed by atoms with Gasteiger partial charge in [0.15, 0.2) is 0 Å². The van der Waals surface area contributed by atoms with E-state index in [9.17, 15) is 9.18 Å². The Kier molecular flexibility index (Phi) is 6.26. The average molecular weight is 448 g/mol. The Labute approximate surface area is 192 Å². The number of amides is 1. The molecule has 7 nitrogen and oxygen atoms in total. The molecule has 2 aliphatic rings. The molecule has 0 aliphatic carbocycles. The van der Waals surface area contributed by atoms with E-state index in [1.807, 2.05) is 23.1 Å². The Bertz CT molecular complexity index is 1120. The summed E-state index contributed by atoms with van der Waals surface area (Å²) in [6.07, 6.45) is 6.73. The summed E-state index contributed by atoms with van der Waals surface area (Å²) in [5, 5.41) is 3.20. The lowest BCUT2D eigenvalue weighted by atomic mass is 10.1. The van der Waals surface area contributed by atoms with Crippen LogP contribution >= 0.6 is 0 Å². The molecule has 2 atom stereocenters. The number of rotatable bonds is 5. The SMILES string of the molecule is O=C([C@H]1CCCCO1)N1CC[C@@H](c2nc(Nc3cccc(F)c3)cc(-c3ccncc3)n2)C1. The van der Waals surface area contributed by atoms with Crippen LogP contribution in [-0.2, 0) is 9.53 Å². The highest BCUT2D eigenvalue weighted by Crippen LogP contribution is 2.30. The minimum Gasteiger partial charge on any atom is -0.368 e. The van der Waals surface area contributed by atoms with Crippen LogP contribution in [0.4, 0.5) is 15.9 Å². The molecular weight excluding hydrogens is 421 g/mol. The van der Waals surface area contributed by atoms with Gasteiger partial charge >= 0.3 is 0 Å². The fraction of sp³-hybridized carbons (Fsp3) is 0.360. The molecule has 0 bridgehead atoms. The predicted octanol–water partition coefficient (Wildman–Crippen LogP) is 4.31. The van der Waals surface area contributed by atoms with E-state index in [2.05, 4.69) is 10.3 Å². The van der Waals surface area contributed by atoms with Crippen LogP contribution < -0.4 is 5.32 Å². The molecule has 33 heavy (non-hydrogen) atoms. The van der Waals surface area contributed by atoms with Gasteiger partial charge in [-0.15, -0.1) is 0 Å². The van der Waals surface area contributed by atoms with Gasteiger partial charge in [0.05, 0.1) is 5.69 Å². The Morgan fingerprint density at radius 2 is 1.97 bits per heavy atom. The van der Waals surface area contributed by atoms with Gasteiger partial charge in [0.1, 0.15) is 23.6 Å². The number of likely N-dealkylation sites (tertiary alicyclic amines) is 1. The highest BCUT2D eigenvalue weighted by molar-refractivity contribution is 5.81. The number of ether oxygens (including phenoxy) is 1. The second kappa shape index (κ2) is 9.62. The minimum absolute atomic E-state index is 0.0207. The number of hydrogen-bond donors (Lipinski definition) is 1. The number of pyridine rings is 1. The molecule has 170 valence electrons. The smallest absolute Gasteiger partial charge is 0.251 e. The van der Waals surface area contributed by atoms with E-state index in [1.165, 1.54) is 12.1 Å². The number of carbonyl (C=O) groups is 1. The number of nitrogens with zero attached hydrogens (tertiary/aromatic N) is 4. The van der Waals surface area contributed by atoms with Gasteiger partial charge in [-0.2, -0.15) is 0 Å². The van der Waals surface area contributed by atoms with Gasteiger partial charge in [-0.1, -0.05) is 6.07 Å². The van der Waals surface area contributed by atoms with Crippen molar-refractivity contribution in [1.29, 1.82) is 0 Å². The molecule has 8 heteroatoms. The van der Waals surface area contributed by atoms with Gasteiger partial charge in [0.2, 0.25) is 0 Å². The summed E-state index contributed by atoms with van der Waals surface area (Å²) in [6.45, 7) is 1.89. The zero-order valence-corrected chi connectivity index (χ0v) is 18.3. The van der Waals surface area contributed by atoms with Crippen molar-refractivity contribution in [2.75, 3.05) is 25.0 Å². The topological polar surface area (TPSA) is 80.2 Å². The lowest BCUT2D eigenvalue weighted by Gasteiger charge is -2.26. The van der Waals surface area contributed by atoms with Crippen molar-refractivity contribution in [3.63, 3.8) is 0 Å². The van der Waals surface area contributed by atoms with Crippen LogP contribution in [0.3, 0.4) is 0 Å². The number of anilines is 2. The van der Waals surface area contributed by atoms with Crippen LogP contribution in [0.25, 0.3) is 11.3 Å². The lowest BCUT2D eigenvalue weighted by Crippen LogP contribution is -2.40. The summed E-state index contributed by atoms with van der Waals surface area (Å²) >= 11 is 0. The maximum Gasteiger partial charge on any atom is 0.251 e. The van der Waals surface area contributed by atoms with Gasteiger partial charge < -0.3 is 15.0 Å². The molecule has 5 rings (SSSR count). The van der Waals surface area contributed by atoms with Crippen LogP contribution in [-0.4, -0.2) is 51.6 Å². The lowest BCUT2D eigenvalue weighted by molar-refractivity contribution is -0.145. The highest BCUT2D eigenvalue weighted by Gasteiger charge is 2.34. The summed E-state index contributed by atoms with van der Waals surface area (Å²) in [4.78, 5) is 28.4. The molecule has 0 saturated carbocycles. The number of halogens is 1. The number of hydrogen-bond acceptors (Lipinski definition) is 6. The van der Waals surface area contributed by atoms with Crippen LogP contribution in [0.5, 0.6) is 0 Å². The molecule has 2 saturated heterocycles. The van der Waals surface area contributed by atoms with Crippen LogP contribution in [0.1, 0.15) is 37.4 Å². The third kappa shape index (κ3) is 5.01. The maximum atomic E-state index is 13.7. The molecule has 1 aromatic carbocycles. The molecule has 2 aromatic heterocycles. The normalized spacial score (nSPS) is 20.6. The molecule has 4 heterocycles. The van der Waals surface area contributed by atoms with Crippen LogP contribution in [0.2, 0.25) is 0 Å². The molecule has 0 unspecified atom stereocenters. The van der Waals surface area contributed by atoms with Gasteiger partial charge in [-0.05, 0) is 56.0 Å². The van der Waals surface area contributed by atoms with Crippen LogP contribution in [0, 0.1) is 5.82 Å². The largest absolute Gasteiger partial charge is 0.368 e. The third-order valence-corrected chi connectivity index (χ3v) is 6.14. The highest BCUT2D eigenvalue weighted by atomic mass is 19.1. The molecule has 2 fully saturated rings. The second-order valence-corrected chi connectivity index (χ2v) is 8.49. The standard InChI is InChI=1S/C25H26FN5O2/c26-19-4-3-5-20(14-19)28-23-15-21(17-7-10-27-11-8-17)29-24(30-23)18-9-12-31(16-18)25(32)22-6-1-2-13-33-22/h3-5,7-8,10-11,14-15,18,22H,1-2,6,9,12-13,16H2,(H,28,29,30)/t18-,22-/m1/s1. The fourth-order valence-corrected chi connectivity index (χ4v) is 4.41. The second-order valence-electron chi connectivity index (χ2n) is 8.49. The Hall–Kier alpha value is -3.39. The van der Waals surface area contributed by atoms with E-state index < -0.39 is 0 Å². The van der Waals surface area contributed by atoms with Gasteiger partial charge in [0, 0.05) is 55.3 Å². The summed E-state index contributed by atoms with van der Waals surface area (Å²) in [7, 11) is 0. The minimum atomic E-state index is -0.327. The van der Waals surface area contributed by atoms with Crippen molar-refractivity contribution in [1.82, 2.24) is 19.9 Å². The fourth-order valence-electron chi connectivity index (χ4n) is 4.41. The first kappa shape index (κ1) is 21.5. The molecular formula is C25H26FN5O2. The average Bonchev–Trinajstić information content (AvgIpc) is 3.35. The van der Waals surface area contributed by atoms with Gasteiger partial charge in [-0.25, -0.2) is 14.4 Å². The van der Waals surface area contributed by atoms with Gasteiger partial charge in [-0.3, -0.25) is 9.78 Å². The summed E-state index contributed by atoms with van der Waals surface area (Å²) in [6, 6.07) is 11.9. The summed E-state index contributed by atoms with van der Waals surface area (Å²) < 4.78 is 19.4. The Morgan fingerprint density at radius 3 is 2.76 bits per heavy atom. The van der Waals surface area contributed by atoms with E-state index >= 15 is 0 Å². The first-order valence-corrected chi connectivity index (χ1v) is 11.4. The van der Waals surface area contributed by atoms with Crippen molar-refractivity contribution in [2.24, 2.45) is 0 Å². The van der Waals surface area contributed by atoms with Crippen molar-refractivity contribution in [2.45, 2.75) is 37.7 Å².